The average molecular weight is 246 g/mol. The summed E-state index contributed by atoms with van der Waals surface area (Å²) in [6.07, 6.45) is 0. The van der Waals surface area contributed by atoms with Crippen molar-refractivity contribution in [2.45, 2.75) is 6.92 Å². The van der Waals surface area contributed by atoms with Crippen LogP contribution in [0.5, 0.6) is 0 Å². The van der Waals surface area contributed by atoms with Crippen molar-refractivity contribution in [1.29, 1.82) is 0 Å². The van der Waals surface area contributed by atoms with Crippen molar-refractivity contribution < 1.29 is 32.6 Å². The van der Waals surface area contributed by atoms with Crippen LogP contribution in [-0.2, 0) is 18.0 Å². The van der Waals surface area contributed by atoms with E-state index in [0.29, 0.717) is 0 Å². The molecule has 0 spiro atoms. The Morgan fingerprint density at radius 1 is 1.25 bits per heavy atom. The van der Waals surface area contributed by atoms with Crippen LogP contribution in [0, 0.1) is 0 Å². The zero-order valence-electron chi connectivity index (χ0n) is 5.58. The third-order valence-electron chi connectivity index (χ3n) is 0.502. The Balaban J connectivity index is 0. The zero-order valence-corrected chi connectivity index (χ0v) is 7.37. The summed E-state index contributed by atoms with van der Waals surface area (Å²) in [5.74, 6) is 0. The third kappa shape index (κ3) is 9.98. The Labute approximate surface area is 112 Å². The second-order valence-electron chi connectivity index (χ2n) is 1.46. The van der Waals surface area contributed by atoms with E-state index in [1.807, 2.05) is 0 Å². The van der Waals surface area contributed by atoms with Gasteiger partial charge in [0.2, 0.25) is 0 Å². The molecule has 0 fully saturated rings. The molecule has 0 heterocycles. The molecule has 7 nitrogen and oxygen atoms in total. The molecule has 0 amide bonds. The molecule has 10 heteroatoms. The monoisotopic (exact) mass is 246 g/mol. The number of phosphoric acid groups is 2. The van der Waals surface area contributed by atoms with Gasteiger partial charge in [0.05, 0.1) is 6.61 Å². The van der Waals surface area contributed by atoms with Gasteiger partial charge in [-0.25, -0.2) is 9.13 Å². The molecule has 0 aromatic rings. The molecular weight excluding hydrogens is 237 g/mol. The fourth-order valence-electron chi connectivity index (χ4n) is 0.321. The summed E-state index contributed by atoms with van der Waals surface area (Å²) in [6, 6.07) is 0. The Morgan fingerprint density at radius 2 is 1.67 bits per heavy atom. The van der Waals surface area contributed by atoms with E-state index in [9.17, 15) is 9.13 Å². The molecule has 0 saturated carbocycles. The van der Waals surface area contributed by atoms with Crippen molar-refractivity contribution in [1.82, 2.24) is 0 Å². The standard InChI is InChI=1S/C2H8O7P2.K.H/c1-2-8-11(6,7)9-10(3,4)5;;/h2H2,1H3,(H,6,7)(H2,3,4,5);;. The molecule has 0 aliphatic rings. The van der Waals surface area contributed by atoms with Gasteiger partial charge in [0.1, 0.15) is 0 Å². The summed E-state index contributed by atoms with van der Waals surface area (Å²) in [5, 5.41) is 0. The number of rotatable bonds is 4. The molecule has 12 heavy (non-hydrogen) atoms. The van der Waals surface area contributed by atoms with Crippen LogP contribution in [0.4, 0.5) is 0 Å². The number of hydrogen-bond acceptors (Lipinski definition) is 4. The van der Waals surface area contributed by atoms with Gasteiger partial charge in [0.15, 0.2) is 0 Å². The van der Waals surface area contributed by atoms with E-state index in [1.54, 1.807) is 0 Å². The van der Waals surface area contributed by atoms with Gasteiger partial charge < -0.3 is 14.7 Å². The van der Waals surface area contributed by atoms with Crippen LogP contribution < -0.4 is 0 Å². The van der Waals surface area contributed by atoms with Crippen LogP contribution in [0.25, 0.3) is 0 Å². The molecule has 0 aromatic carbocycles. The Bertz CT molecular complexity index is 209. The van der Waals surface area contributed by atoms with Crippen LogP contribution >= 0.6 is 15.6 Å². The predicted octanol–water partition coefficient (Wildman–Crippen LogP) is -0.416. The second-order valence-corrected chi connectivity index (χ2v) is 4.29. The van der Waals surface area contributed by atoms with Crippen molar-refractivity contribution in [3.05, 3.63) is 0 Å². The molecule has 0 rings (SSSR count). The molecular formula is C2H9KO7P2. The quantitative estimate of drug-likeness (QED) is 0.456. The molecule has 0 aliphatic carbocycles. The van der Waals surface area contributed by atoms with Crippen molar-refractivity contribution in [3.63, 3.8) is 0 Å². The van der Waals surface area contributed by atoms with Crippen LogP contribution in [0.1, 0.15) is 6.92 Å². The summed E-state index contributed by atoms with van der Waals surface area (Å²) in [7, 11) is -9.53. The molecule has 0 radical (unpaired) electrons. The van der Waals surface area contributed by atoms with E-state index in [0.717, 1.165) is 0 Å². The third-order valence-corrected chi connectivity index (χ3v) is 2.76. The van der Waals surface area contributed by atoms with Crippen molar-refractivity contribution in [3.8, 4) is 0 Å². The summed E-state index contributed by atoms with van der Waals surface area (Å²) >= 11 is 0. The Morgan fingerprint density at radius 3 is 1.92 bits per heavy atom. The zero-order chi connectivity index (χ0) is 9.12. The molecule has 1 unspecified atom stereocenters. The number of hydrogen-bond donors (Lipinski definition) is 3. The summed E-state index contributed by atoms with van der Waals surface area (Å²) in [4.78, 5) is 24.6. The molecule has 0 bridgehead atoms. The van der Waals surface area contributed by atoms with Gasteiger partial charge in [0.25, 0.3) is 0 Å². The van der Waals surface area contributed by atoms with E-state index in [4.69, 9.17) is 14.7 Å². The molecule has 3 N–H and O–H groups in total. The fraction of sp³-hybridized carbons (Fsp3) is 1.00. The van der Waals surface area contributed by atoms with Gasteiger partial charge in [0, 0.05) is 0 Å². The Hall–Kier alpha value is 1.90. The maximum atomic E-state index is 10.4. The second kappa shape index (κ2) is 6.39. The van der Waals surface area contributed by atoms with E-state index >= 15 is 0 Å². The molecule has 70 valence electrons. The summed E-state index contributed by atoms with van der Waals surface area (Å²) < 4.78 is 27.9. The first-order valence-electron chi connectivity index (χ1n) is 2.51. The number of phosphoric ester groups is 1. The average Bonchev–Trinajstić information content (AvgIpc) is 1.55. The summed E-state index contributed by atoms with van der Waals surface area (Å²) in [5.41, 5.74) is 0. The first kappa shape index (κ1) is 16.3. The molecule has 1 atom stereocenters. The fourth-order valence-corrected chi connectivity index (χ4v) is 1.91. The normalized spacial score (nSPS) is 16.3. The van der Waals surface area contributed by atoms with Gasteiger partial charge in [-0.1, -0.05) is 0 Å². The van der Waals surface area contributed by atoms with Crippen molar-refractivity contribution >= 4 is 67.0 Å². The van der Waals surface area contributed by atoms with Gasteiger partial charge >= 0.3 is 67.0 Å². The van der Waals surface area contributed by atoms with Crippen molar-refractivity contribution in [2.24, 2.45) is 0 Å². The molecule has 0 aromatic heterocycles. The first-order valence-corrected chi connectivity index (χ1v) is 5.53. The minimum atomic E-state index is -4.96. The molecule has 0 saturated heterocycles. The van der Waals surface area contributed by atoms with Gasteiger partial charge in [-0.2, -0.15) is 4.31 Å². The Kier molecular flexibility index (Phi) is 8.70. The van der Waals surface area contributed by atoms with Gasteiger partial charge in [-0.3, -0.25) is 4.52 Å². The molecule has 0 aliphatic heterocycles. The van der Waals surface area contributed by atoms with Crippen LogP contribution in [0.2, 0.25) is 0 Å². The van der Waals surface area contributed by atoms with E-state index in [-0.39, 0.29) is 58.0 Å². The summed E-state index contributed by atoms with van der Waals surface area (Å²) in [6.45, 7) is 1.21. The SMILES string of the molecule is CCOP(=O)(O)OP(=O)(O)O.[KH]. The first-order chi connectivity index (χ1) is 4.77. The van der Waals surface area contributed by atoms with E-state index < -0.39 is 15.6 Å². The van der Waals surface area contributed by atoms with Crippen molar-refractivity contribution in [2.75, 3.05) is 6.61 Å². The van der Waals surface area contributed by atoms with Crippen LogP contribution in [0.3, 0.4) is 0 Å². The van der Waals surface area contributed by atoms with E-state index in [1.165, 1.54) is 6.92 Å². The van der Waals surface area contributed by atoms with Crippen LogP contribution in [-0.4, -0.2) is 72.7 Å². The van der Waals surface area contributed by atoms with E-state index in [2.05, 4.69) is 8.83 Å². The van der Waals surface area contributed by atoms with Gasteiger partial charge in [-0.15, -0.1) is 0 Å². The van der Waals surface area contributed by atoms with Gasteiger partial charge in [-0.05, 0) is 6.92 Å². The topological polar surface area (TPSA) is 113 Å². The maximum absolute atomic E-state index is 10.4. The minimum absolute atomic E-state index is 0. The van der Waals surface area contributed by atoms with Crippen LogP contribution in [0.15, 0.2) is 0 Å². The predicted molar refractivity (Wildman–Crippen MR) is 41.7 cm³/mol.